The van der Waals surface area contributed by atoms with Gasteiger partial charge in [0.1, 0.15) is 5.75 Å². The van der Waals surface area contributed by atoms with Gasteiger partial charge in [0, 0.05) is 38.3 Å². The Balaban J connectivity index is 1.52. The number of hydrogen-bond acceptors (Lipinski definition) is 5. The molecule has 1 saturated heterocycles. The molecule has 9 heteroatoms. The number of ether oxygens (including phenoxy) is 3. The molecule has 1 aromatic carbocycles. The lowest BCUT2D eigenvalue weighted by Gasteiger charge is -2.21. The summed E-state index contributed by atoms with van der Waals surface area (Å²) in [6, 6.07) is 3.08. The van der Waals surface area contributed by atoms with E-state index in [2.05, 4.69) is 25.3 Å². The van der Waals surface area contributed by atoms with Crippen LogP contribution in [0, 0.1) is 0 Å². The number of benzene rings is 1. The van der Waals surface area contributed by atoms with Crippen LogP contribution in [-0.4, -0.2) is 57.5 Å². The van der Waals surface area contributed by atoms with E-state index in [-0.39, 0.29) is 19.1 Å². The van der Waals surface area contributed by atoms with Gasteiger partial charge in [-0.15, -0.1) is 0 Å². The molecule has 0 bridgehead atoms. The van der Waals surface area contributed by atoms with Crippen LogP contribution in [0.15, 0.2) is 17.1 Å². The molecule has 7 nitrogen and oxygen atoms in total. The lowest BCUT2D eigenvalue weighted by Crippen LogP contribution is -2.41. The van der Waals surface area contributed by atoms with Crippen LogP contribution >= 0.6 is 0 Å². The maximum absolute atomic E-state index is 12.7. The fraction of sp³-hybridized carbons (Fsp3) is 0.632. The highest BCUT2D eigenvalue weighted by Crippen LogP contribution is 2.38. The van der Waals surface area contributed by atoms with Crippen LogP contribution in [0.5, 0.6) is 17.2 Å². The Kier molecular flexibility index (Phi) is 7.53. The van der Waals surface area contributed by atoms with Crippen LogP contribution in [-0.2, 0) is 6.54 Å². The molecule has 2 N–H and O–H groups in total. The van der Waals surface area contributed by atoms with Crippen LogP contribution in [0.2, 0.25) is 0 Å². The van der Waals surface area contributed by atoms with Gasteiger partial charge in [-0.1, -0.05) is 12.8 Å². The first kappa shape index (κ1) is 20.4. The molecule has 0 atom stereocenters. The van der Waals surface area contributed by atoms with Crippen molar-refractivity contribution >= 4 is 5.96 Å². The number of aliphatic imine (C=N–C) groups is 1. The SMILES string of the molecule is CN=C(NCCN1CCCCCC1)NCc1cc2c(cc1OC(F)F)OCO2. The highest BCUT2D eigenvalue weighted by molar-refractivity contribution is 5.79. The van der Waals surface area contributed by atoms with Gasteiger partial charge in [0.05, 0.1) is 0 Å². The smallest absolute Gasteiger partial charge is 0.387 e. The summed E-state index contributed by atoms with van der Waals surface area (Å²) in [5, 5.41) is 6.41. The molecule has 0 amide bonds. The van der Waals surface area contributed by atoms with Gasteiger partial charge in [0.2, 0.25) is 6.79 Å². The van der Waals surface area contributed by atoms with Crippen molar-refractivity contribution in [2.75, 3.05) is 40.0 Å². The number of likely N-dealkylation sites (tertiary alicyclic amines) is 1. The third-order valence-corrected chi connectivity index (χ3v) is 4.86. The molecule has 0 spiro atoms. The Bertz CT molecular complexity index is 665. The number of halogens is 2. The predicted octanol–water partition coefficient (Wildman–Crippen LogP) is 2.56. The van der Waals surface area contributed by atoms with E-state index >= 15 is 0 Å². The molecule has 3 rings (SSSR count). The summed E-state index contributed by atoms with van der Waals surface area (Å²) in [4.78, 5) is 6.66. The van der Waals surface area contributed by atoms with Crippen LogP contribution < -0.4 is 24.8 Å². The van der Waals surface area contributed by atoms with Crippen molar-refractivity contribution in [2.24, 2.45) is 4.99 Å². The molecule has 0 unspecified atom stereocenters. The third-order valence-electron chi connectivity index (χ3n) is 4.86. The fourth-order valence-electron chi connectivity index (χ4n) is 3.40. The van der Waals surface area contributed by atoms with Gasteiger partial charge < -0.3 is 29.7 Å². The summed E-state index contributed by atoms with van der Waals surface area (Å²) in [6.45, 7) is 1.41. The number of fused-ring (bicyclic) bond motifs is 1. The lowest BCUT2D eigenvalue weighted by molar-refractivity contribution is -0.0505. The second-order valence-corrected chi connectivity index (χ2v) is 6.80. The Morgan fingerprint density at radius 2 is 1.86 bits per heavy atom. The summed E-state index contributed by atoms with van der Waals surface area (Å²) in [5.41, 5.74) is 0.542. The van der Waals surface area contributed by atoms with E-state index in [4.69, 9.17) is 9.47 Å². The van der Waals surface area contributed by atoms with Gasteiger partial charge in [0.25, 0.3) is 0 Å². The zero-order valence-electron chi connectivity index (χ0n) is 16.2. The van der Waals surface area contributed by atoms with Gasteiger partial charge in [-0.25, -0.2) is 0 Å². The number of nitrogens with zero attached hydrogens (tertiary/aromatic N) is 2. The standard InChI is InChI=1S/C19H28F2N4O3/c1-22-19(23-6-9-25-7-4-2-3-5-8-25)24-12-14-10-16-17(27-13-26-16)11-15(14)28-18(20)21/h10-11,18H,2-9,12-13H2,1H3,(H2,22,23,24). The molecule has 0 aliphatic carbocycles. The molecule has 0 aromatic heterocycles. The average molecular weight is 398 g/mol. The van der Waals surface area contributed by atoms with Crippen molar-refractivity contribution in [1.29, 1.82) is 0 Å². The number of alkyl halides is 2. The molecule has 1 aromatic rings. The summed E-state index contributed by atoms with van der Waals surface area (Å²) in [7, 11) is 1.68. The second-order valence-electron chi connectivity index (χ2n) is 6.80. The Morgan fingerprint density at radius 1 is 1.14 bits per heavy atom. The summed E-state index contributed by atoms with van der Waals surface area (Å²) < 4.78 is 40.7. The molecule has 2 heterocycles. The van der Waals surface area contributed by atoms with E-state index in [0.29, 0.717) is 23.0 Å². The summed E-state index contributed by atoms with van der Waals surface area (Å²) in [5.74, 6) is 1.59. The monoisotopic (exact) mass is 398 g/mol. The van der Waals surface area contributed by atoms with Crippen LogP contribution in [0.1, 0.15) is 31.2 Å². The van der Waals surface area contributed by atoms with Crippen molar-refractivity contribution in [3.8, 4) is 17.2 Å². The Hall–Kier alpha value is -2.29. The van der Waals surface area contributed by atoms with Gasteiger partial charge in [-0.05, 0) is 32.0 Å². The highest BCUT2D eigenvalue weighted by atomic mass is 19.3. The molecular formula is C19H28F2N4O3. The average Bonchev–Trinajstić information content (AvgIpc) is 2.96. The molecule has 2 aliphatic rings. The topological polar surface area (TPSA) is 67.4 Å². The van der Waals surface area contributed by atoms with Gasteiger partial charge >= 0.3 is 6.61 Å². The number of nitrogens with one attached hydrogen (secondary N) is 2. The maximum Gasteiger partial charge on any atom is 0.387 e. The number of hydrogen-bond donors (Lipinski definition) is 2. The molecule has 0 saturated carbocycles. The largest absolute Gasteiger partial charge is 0.454 e. The first-order valence-electron chi connectivity index (χ1n) is 9.70. The van der Waals surface area contributed by atoms with Crippen molar-refractivity contribution in [3.05, 3.63) is 17.7 Å². The minimum Gasteiger partial charge on any atom is -0.454 e. The van der Waals surface area contributed by atoms with Gasteiger partial charge in [-0.3, -0.25) is 4.99 Å². The van der Waals surface area contributed by atoms with E-state index in [0.717, 1.165) is 26.2 Å². The Labute approximate surface area is 164 Å². The molecule has 156 valence electrons. The van der Waals surface area contributed by atoms with E-state index in [1.54, 1.807) is 13.1 Å². The molecule has 0 radical (unpaired) electrons. The fourth-order valence-corrected chi connectivity index (χ4v) is 3.40. The van der Waals surface area contributed by atoms with Crippen LogP contribution in [0.3, 0.4) is 0 Å². The zero-order valence-corrected chi connectivity index (χ0v) is 16.2. The Morgan fingerprint density at radius 3 is 2.54 bits per heavy atom. The number of guanidine groups is 1. The molecule has 2 aliphatic heterocycles. The first-order chi connectivity index (χ1) is 13.7. The zero-order chi connectivity index (χ0) is 19.8. The third kappa shape index (κ3) is 5.85. The van der Waals surface area contributed by atoms with Crippen LogP contribution in [0.4, 0.5) is 8.78 Å². The van der Waals surface area contributed by atoms with E-state index < -0.39 is 6.61 Å². The highest BCUT2D eigenvalue weighted by Gasteiger charge is 2.20. The maximum atomic E-state index is 12.7. The van der Waals surface area contributed by atoms with Crippen molar-refractivity contribution in [3.63, 3.8) is 0 Å². The van der Waals surface area contributed by atoms with Gasteiger partial charge in [0.15, 0.2) is 17.5 Å². The molecular weight excluding hydrogens is 370 g/mol. The quantitative estimate of drug-likeness (QED) is 0.544. The summed E-state index contributed by atoms with van der Waals surface area (Å²) >= 11 is 0. The van der Waals surface area contributed by atoms with E-state index in [9.17, 15) is 8.78 Å². The normalized spacial score (nSPS) is 17.5. The lowest BCUT2D eigenvalue weighted by atomic mass is 10.1. The minimum atomic E-state index is -2.91. The second kappa shape index (κ2) is 10.3. The van der Waals surface area contributed by atoms with E-state index in [1.807, 2.05) is 0 Å². The van der Waals surface area contributed by atoms with E-state index in [1.165, 1.54) is 31.7 Å². The van der Waals surface area contributed by atoms with Crippen molar-refractivity contribution < 1.29 is 23.0 Å². The van der Waals surface area contributed by atoms with Crippen molar-refractivity contribution in [2.45, 2.75) is 38.8 Å². The van der Waals surface area contributed by atoms with Crippen LogP contribution in [0.25, 0.3) is 0 Å². The predicted molar refractivity (Wildman–Crippen MR) is 102 cm³/mol. The van der Waals surface area contributed by atoms with Crippen molar-refractivity contribution in [1.82, 2.24) is 15.5 Å². The minimum absolute atomic E-state index is 0.0618. The van der Waals surface area contributed by atoms with Gasteiger partial charge in [-0.2, -0.15) is 8.78 Å². The molecule has 28 heavy (non-hydrogen) atoms. The first-order valence-corrected chi connectivity index (χ1v) is 9.70. The summed E-state index contributed by atoms with van der Waals surface area (Å²) in [6.07, 6.45) is 5.13. The number of rotatable bonds is 7. The molecule has 1 fully saturated rings.